The third kappa shape index (κ3) is 6.31. The molecule has 1 heterocycles. The Balaban J connectivity index is 1.69. The molecule has 1 aliphatic carbocycles. The Bertz CT molecular complexity index is 1440. The lowest BCUT2D eigenvalue weighted by molar-refractivity contribution is -0.120. The van der Waals surface area contributed by atoms with E-state index in [9.17, 15) is 14.0 Å². The summed E-state index contributed by atoms with van der Waals surface area (Å²) in [7, 11) is 6.44. The van der Waals surface area contributed by atoms with Crippen molar-refractivity contribution in [3.63, 3.8) is 0 Å². The van der Waals surface area contributed by atoms with E-state index in [0.717, 1.165) is 45.2 Å². The molecule has 1 aromatic heterocycles. The van der Waals surface area contributed by atoms with Gasteiger partial charge in [-0.05, 0) is 94.1 Å². The predicted octanol–water partition coefficient (Wildman–Crippen LogP) is 6.05. The van der Waals surface area contributed by atoms with Gasteiger partial charge in [0.2, 0.25) is 5.91 Å². The number of amides is 2. The van der Waals surface area contributed by atoms with Crippen LogP contribution in [0.4, 0.5) is 9.18 Å². The molecule has 1 N–H and O–H groups in total. The van der Waals surface area contributed by atoms with Crippen LogP contribution in [-0.2, 0) is 11.3 Å². The van der Waals surface area contributed by atoms with Gasteiger partial charge in [0, 0.05) is 33.0 Å². The largest absolute Gasteiger partial charge is 0.495 e. The smallest absolute Gasteiger partial charge is 0.286 e. The van der Waals surface area contributed by atoms with Gasteiger partial charge in [0.1, 0.15) is 22.2 Å². The summed E-state index contributed by atoms with van der Waals surface area (Å²) in [6.07, 6.45) is 5.45. The number of thioether (sulfide) groups is 1. The van der Waals surface area contributed by atoms with E-state index in [1.54, 1.807) is 32.6 Å². The van der Waals surface area contributed by atoms with Crippen molar-refractivity contribution in [2.75, 3.05) is 28.3 Å². The quantitative estimate of drug-likeness (QED) is 0.346. The molecule has 0 bridgehead atoms. The fraction of sp³-hybridized carbons (Fsp3) is 0.233. The zero-order valence-corrected chi connectivity index (χ0v) is 23.3. The average molecular weight is 548 g/mol. The topological polar surface area (TPSA) is 80.8 Å². The molecule has 0 atom stereocenters. The van der Waals surface area contributed by atoms with E-state index in [2.05, 4.69) is 10.3 Å². The first-order valence-corrected chi connectivity index (χ1v) is 13.1. The van der Waals surface area contributed by atoms with Crippen molar-refractivity contribution in [2.24, 2.45) is 0 Å². The molecule has 0 unspecified atom stereocenters. The third-order valence-corrected chi connectivity index (χ3v) is 7.50. The van der Waals surface area contributed by atoms with Gasteiger partial charge in [0.25, 0.3) is 5.24 Å². The van der Waals surface area contributed by atoms with Crippen molar-refractivity contribution in [2.45, 2.75) is 24.8 Å². The summed E-state index contributed by atoms with van der Waals surface area (Å²) in [6, 6.07) is 12.0. The summed E-state index contributed by atoms with van der Waals surface area (Å²) in [5.74, 6) is 0.456. The Morgan fingerprint density at radius 2 is 1.79 bits per heavy atom. The Labute approximate surface area is 231 Å². The first-order valence-electron chi connectivity index (χ1n) is 12.2. The number of nitrogens with one attached hydrogen (secondary N) is 1. The van der Waals surface area contributed by atoms with Crippen LogP contribution < -0.4 is 14.8 Å². The molecule has 0 saturated carbocycles. The molecule has 0 aliphatic heterocycles. The molecule has 0 spiro atoms. The normalized spacial score (nSPS) is 13.3. The molecule has 9 heteroatoms. The highest BCUT2D eigenvalue weighted by molar-refractivity contribution is 8.13. The van der Waals surface area contributed by atoms with Gasteiger partial charge in [0.05, 0.1) is 20.6 Å². The van der Waals surface area contributed by atoms with Gasteiger partial charge in [-0.2, -0.15) is 0 Å². The molecule has 0 saturated heterocycles. The number of hydrogen-bond donors (Lipinski definition) is 1. The van der Waals surface area contributed by atoms with Gasteiger partial charge in [-0.25, -0.2) is 4.39 Å². The average Bonchev–Trinajstić information content (AvgIpc) is 3.17. The molecule has 3 aromatic rings. The molecule has 2 aromatic carbocycles. The fourth-order valence-corrected chi connectivity index (χ4v) is 5.18. The lowest BCUT2D eigenvalue weighted by Gasteiger charge is -2.16. The van der Waals surface area contributed by atoms with Crippen molar-refractivity contribution in [3.8, 4) is 11.5 Å². The number of nitrogens with zero attached hydrogens (tertiary/aromatic N) is 2. The summed E-state index contributed by atoms with van der Waals surface area (Å²) < 4.78 is 25.5. The van der Waals surface area contributed by atoms with Gasteiger partial charge in [-0.1, -0.05) is 12.1 Å². The summed E-state index contributed by atoms with van der Waals surface area (Å²) in [5.41, 5.74) is 5.72. The number of hydrogen-bond acceptors (Lipinski definition) is 6. The summed E-state index contributed by atoms with van der Waals surface area (Å²) in [6.45, 7) is 2.29. The number of pyridine rings is 1. The highest BCUT2D eigenvalue weighted by Gasteiger charge is 2.26. The third-order valence-electron chi connectivity index (χ3n) is 6.35. The zero-order valence-electron chi connectivity index (χ0n) is 22.5. The van der Waals surface area contributed by atoms with E-state index >= 15 is 0 Å². The molecular formula is C30H30FN3O4S. The minimum atomic E-state index is -0.369. The van der Waals surface area contributed by atoms with Crippen LogP contribution >= 0.6 is 11.8 Å². The number of carbonyl (C=O) groups excluding carboxylic acids is 2. The van der Waals surface area contributed by atoms with Gasteiger partial charge >= 0.3 is 0 Å². The number of methoxy groups -OCH3 is 2. The maximum atomic E-state index is 14.3. The summed E-state index contributed by atoms with van der Waals surface area (Å²) >= 11 is 1.02. The van der Waals surface area contributed by atoms with Crippen LogP contribution in [0.1, 0.15) is 35.6 Å². The second-order valence-corrected chi connectivity index (χ2v) is 10.1. The van der Waals surface area contributed by atoms with Crippen molar-refractivity contribution < 1.29 is 23.5 Å². The van der Waals surface area contributed by atoms with E-state index < -0.39 is 0 Å². The molecule has 39 heavy (non-hydrogen) atoms. The van der Waals surface area contributed by atoms with E-state index in [1.807, 2.05) is 37.3 Å². The number of fused-ring (bicyclic) bond motifs is 1. The van der Waals surface area contributed by atoms with E-state index in [4.69, 9.17) is 9.47 Å². The molecule has 4 rings (SSSR count). The standard InChI is InChI=1S/C30H30FN3O4S/c1-18-23(11-20-12-26(37-4)29(27(13-20)38-5)39-30(36)34(2)3)22-9-8-21(31)14-25(22)24(18)15-28(35)33-17-19-7-6-10-32-16-19/h6-14,16H,15,17H2,1-5H3,(H,33,35). The van der Waals surface area contributed by atoms with E-state index in [0.29, 0.717) is 28.5 Å². The van der Waals surface area contributed by atoms with Crippen LogP contribution in [0.2, 0.25) is 0 Å². The van der Waals surface area contributed by atoms with Crippen molar-refractivity contribution in [1.82, 2.24) is 15.2 Å². The first kappa shape index (κ1) is 27.9. The van der Waals surface area contributed by atoms with Crippen molar-refractivity contribution in [3.05, 3.63) is 88.5 Å². The molecule has 1 aliphatic rings. The Hall–Kier alpha value is -4.11. The number of aromatic nitrogens is 1. The van der Waals surface area contributed by atoms with Crippen LogP contribution in [0.25, 0.3) is 17.2 Å². The second-order valence-electron chi connectivity index (χ2n) is 9.18. The minimum absolute atomic E-state index is 0.106. The number of allylic oxidation sites excluding steroid dienone is 2. The number of benzene rings is 2. The number of carbonyl (C=O) groups is 2. The first-order chi connectivity index (χ1) is 18.7. The number of rotatable bonds is 8. The molecule has 0 fully saturated rings. The van der Waals surface area contributed by atoms with Crippen LogP contribution in [0.5, 0.6) is 11.5 Å². The predicted molar refractivity (Wildman–Crippen MR) is 152 cm³/mol. The van der Waals surface area contributed by atoms with Crippen LogP contribution in [0.3, 0.4) is 0 Å². The Morgan fingerprint density at radius 3 is 2.41 bits per heavy atom. The van der Waals surface area contributed by atoms with Crippen LogP contribution in [0.15, 0.2) is 65.3 Å². The number of halogens is 1. The maximum Gasteiger partial charge on any atom is 0.286 e. The van der Waals surface area contributed by atoms with E-state index in [-0.39, 0.29) is 23.4 Å². The highest BCUT2D eigenvalue weighted by atomic mass is 32.2. The molecule has 7 nitrogen and oxygen atoms in total. The lowest BCUT2D eigenvalue weighted by Crippen LogP contribution is -2.22. The molecule has 2 amide bonds. The number of ether oxygens (including phenoxy) is 2. The summed E-state index contributed by atoms with van der Waals surface area (Å²) in [5, 5.41) is 2.77. The zero-order chi connectivity index (χ0) is 28.1. The Kier molecular flexibility index (Phi) is 8.71. The van der Waals surface area contributed by atoms with Crippen LogP contribution in [-0.4, -0.2) is 49.3 Å². The van der Waals surface area contributed by atoms with Crippen molar-refractivity contribution in [1.29, 1.82) is 0 Å². The molecule has 0 radical (unpaired) electrons. The van der Waals surface area contributed by atoms with Crippen LogP contribution in [0, 0.1) is 5.82 Å². The fourth-order valence-electron chi connectivity index (χ4n) is 4.34. The molecule has 202 valence electrons. The lowest BCUT2D eigenvalue weighted by atomic mass is 10.0. The highest BCUT2D eigenvalue weighted by Crippen LogP contribution is 2.45. The molecular weight excluding hydrogens is 517 g/mol. The van der Waals surface area contributed by atoms with E-state index in [1.165, 1.54) is 31.3 Å². The minimum Gasteiger partial charge on any atom is -0.495 e. The Morgan fingerprint density at radius 1 is 1.08 bits per heavy atom. The van der Waals surface area contributed by atoms with Gasteiger partial charge in [0.15, 0.2) is 0 Å². The van der Waals surface area contributed by atoms with Crippen molar-refractivity contribution >= 4 is 40.1 Å². The SMILES string of the molecule is COc1cc(C=C2C(C)=C(CC(=O)NCc3cccnc3)c3cc(F)ccc32)cc(OC)c1SC(=O)N(C)C. The van der Waals surface area contributed by atoms with Gasteiger partial charge in [-0.3, -0.25) is 14.6 Å². The second kappa shape index (κ2) is 12.2. The maximum absolute atomic E-state index is 14.3. The monoisotopic (exact) mass is 547 g/mol. The van der Waals surface area contributed by atoms with Gasteiger partial charge < -0.3 is 19.7 Å². The summed E-state index contributed by atoms with van der Waals surface area (Å²) in [4.78, 5) is 31.4. The van der Waals surface area contributed by atoms with Gasteiger partial charge in [-0.15, -0.1) is 0 Å².